The molecule has 0 aromatic heterocycles. The number of anilines is 1. The highest BCUT2D eigenvalue weighted by molar-refractivity contribution is 7.80. The minimum absolute atomic E-state index is 0.209. The molecule has 0 fully saturated rings. The van der Waals surface area contributed by atoms with Crippen molar-refractivity contribution in [3.05, 3.63) is 48.0 Å². The topological polar surface area (TPSA) is 75.1 Å². The molecule has 0 aliphatic carbocycles. The van der Waals surface area contributed by atoms with Gasteiger partial charge in [0.25, 0.3) is 0 Å². The molecule has 6 nitrogen and oxygen atoms in total. The molecule has 2 aromatic carbocycles. The summed E-state index contributed by atoms with van der Waals surface area (Å²) < 4.78 is 10.4. The van der Waals surface area contributed by atoms with E-state index in [0.717, 1.165) is 11.3 Å². The van der Waals surface area contributed by atoms with Crippen LogP contribution in [0.3, 0.4) is 0 Å². The highest BCUT2D eigenvalue weighted by Gasteiger charge is 2.05. The minimum atomic E-state index is 0.209. The van der Waals surface area contributed by atoms with Crippen molar-refractivity contribution in [3.63, 3.8) is 0 Å². The molecule has 0 heterocycles. The first-order valence-corrected chi connectivity index (χ1v) is 7.14. The van der Waals surface area contributed by atoms with Crippen LogP contribution in [0.5, 0.6) is 17.2 Å². The first-order chi connectivity index (χ1) is 11.1. The van der Waals surface area contributed by atoms with Gasteiger partial charge in [-0.05, 0) is 54.2 Å². The maximum Gasteiger partial charge on any atom is 0.191 e. The van der Waals surface area contributed by atoms with Crippen LogP contribution in [0.2, 0.25) is 0 Å². The van der Waals surface area contributed by atoms with Gasteiger partial charge in [0.15, 0.2) is 16.6 Å². The second kappa shape index (κ2) is 8.00. The Morgan fingerprint density at radius 3 is 2.43 bits per heavy atom. The Kier molecular flexibility index (Phi) is 5.76. The fraction of sp³-hybridized carbons (Fsp3) is 0.125. The highest BCUT2D eigenvalue weighted by Crippen LogP contribution is 2.29. The second-order valence-corrected chi connectivity index (χ2v) is 4.89. The SMILES string of the molecule is COc1ccc(NC(=S)NN=Cc2ccc(O)cc2)cc1OC. The Morgan fingerprint density at radius 1 is 1.09 bits per heavy atom. The number of benzene rings is 2. The van der Waals surface area contributed by atoms with Gasteiger partial charge in [0.2, 0.25) is 0 Å². The zero-order valence-electron chi connectivity index (χ0n) is 12.7. The normalized spacial score (nSPS) is 10.3. The predicted octanol–water partition coefficient (Wildman–Crippen LogP) is 2.73. The van der Waals surface area contributed by atoms with Crippen LogP contribution in [-0.4, -0.2) is 30.7 Å². The number of hydrogen-bond acceptors (Lipinski definition) is 5. The molecule has 2 aromatic rings. The highest BCUT2D eigenvalue weighted by atomic mass is 32.1. The van der Waals surface area contributed by atoms with E-state index >= 15 is 0 Å². The van der Waals surface area contributed by atoms with Gasteiger partial charge in [0.1, 0.15) is 5.75 Å². The summed E-state index contributed by atoms with van der Waals surface area (Å²) in [5.41, 5.74) is 4.30. The number of rotatable bonds is 5. The van der Waals surface area contributed by atoms with Crippen LogP contribution in [0.15, 0.2) is 47.6 Å². The molecule has 2 rings (SSSR count). The monoisotopic (exact) mass is 331 g/mol. The van der Waals surface area contributed by atoms with E-state index in [0.29, 0.717) is 16.6 Å². The number of phenols is 1. The lowest BCUT2D eigenvalue weighted by molar-refractivity contribution is 0.355. The van der Waals surface area contributed by atoms with Crippen molar-refractivity contribution in [2.45, 2.75) is 0 Å². The van der Waals surface area contributed by atoms with Crippen molar-refractivity contribution >= 4 is 29.2 Å². The van der Waals surface area contributed by atoms with Crippen LogP contribution in [0.4, 0.5) is 5.69 Å². The summed E-state index contributed by atoms with van der Waals surface area (Å²) >= 11 is 5.16. The van der Waals surface area contributed by atoms with E-state index in [1.807, 2.05) is 6.07 Å². The van der Waals surface area contributed by atoms with Crippen molar-refractivity contribution < 1.29 is 14.6 Å². The van der Waals surface area contributed by atoms with Crippen molar-refractivity contribution in [2.75, 3.05) is 19.5 Å². The summed E-state index contributed by atoms with van der Waals surface area (Å²) in [6.07, 6.45) is 1.60. The zero-order valence-corrected chi connectivity index (χ0v) is 13.6. The Hall–Kier alpha value is -2.80. The van der Waals surface area contributed by atoms with Gasteiger partial charge in [-0.15, -0.1) is 0 Å². The van der Waals surface area contributed by atoms with Crippen LogP contribution in [0, 0.1) is 0 Å². The predicted molar refractivity (Wildman–Crippen MR) is 94.6 cm³/mol. The smallest absolute Gasteiger partial charge is 0.191 e. The van der Waals surface area contributed by atoms with Crippen LogP contribution < -0.4 is 20.2 Å². The lowest BCUT2D eigenvalue weighted by atomic mass is 10.2. The van der Waals surface area contributed by atoms with Crippen molar-refractivity contribution in [2.24, 2.45) is 5.10 Å². The number of nitrogens with zero attached hydrogens (tertiary/aromatic N) is 1. The maximum atomic E-state index is 9.20. The first-order valence-electron chi connectivity index (χ1n) is 6.73. The van der Waals surface area contributed by atoms with Gasteiger partial charge in [-0.1, -0.05) is 0 Å². The molecule has 0 saturated carbocycles. The van der Waals surface area contributed by atoms with Gasteiger partial charge >= 0.3 is 0 Å². The average Bonchev–Trinajstić information content (AvgIpc) is 2.56. The molecule has 0 unspecified atom stereocenters. The number of thiocarbonyl (C=S) groups is 1. The lowest BCUT2D eigenvalue weighted by Gasteiger charge is -2.11. The summed E-state index contributed by atoms with van der Waals surface area (Å²) in [4.78, 5) is 0. The summed E-state index contributed by atoms with van der Waals surface area (Å²) in [5.74, 6) is 1.45. The van der Waals surface area contributed by atoms with E-state index in [9.17, 15) is 5.11 Å². The van der Waals surface area contributed by atoms with Gasteiger partial charge in [-0.3, -0.25) is 5.43 Å². The summed E-state index contributed by atoms with van der Waals surface area (Å²) in [6, 6.07) is 12.0. The third-order valence-electron chi connectivity index (χ3n) is 2.91. The minimum Gasteiger partial charge on any atom is -0.508 e. The molecule has 0 radical (unpaired) electrons. The average molecular weight is 331 g/mol. The zero-order chi connectivity index (χ0) is 16.7. The quantitative estimate of drug-likeness (QED) is 0.444. The van der Waals surface area contributed by atoms with Gasteiger partial charge in [-0.25, -0.2) is 0 Å². The molecule has 0 aliphatic rings. The van der Waals surface area contributed by atoms with E-state index in [1.165, 1.54) is 0 Å². The van der Waals surface area contributed by atoms with E-state index in [1.54, 1.807) is 56.8 Å². The van der Waals surface area contributed by atoms with Gasteiger partial charge in [0, 0.05) is 11.8 Å². The summed E-state index contributed by atoms with van der Waals surface area (Å²) in [5, 5.41) is 16.6. The maximum absolute atomic E-state index is 9.20. The largest absolute Gasteiger partial charge is 0.508 e. The summed E-state index contributed by atoms with van der Waals surface area (Å²) in [7, 11) is 3.15. The standard InChI is InChI=1S/C16H17N3O3S/c1-21-14-8-5-12(9-15(14)22-2)18-16(23)19-17-10-11-3-6-13(20)7-4-11/h3-10,20H,1-2H3,(H2,18,19,23). The molecule has 7 heteroatoms. The fourth-order valence-corrected chi connectivity index (χ4v) is 1.97. The lowest BCUT2D eigenvalue weighted by Crippen LogP contribution is -2.23. The first kappa shape index (κ1) is 16.6. The third kappa shape index (κ3) is 4.86. The Bertz CT molecular complexity index is 702. The number of methoxy groups -OCH3 is 2. The van der Waals surface area contributed by atoms with E-state index in [4.69, 9.17) is 21.7 Å². The van der Waals surface area contributed by atoms with Crippen LogP contribution in [0.25, 0.3) is 0 Å². The molecule has 0 atom stereocenters. The van der Waals surface area contributed by atoms with Gasteiger partial charge < -0.3 is 19.9 Å². The molecule has 3 N–H and O–H groups in total. The van der Waals surface area contributed by atoms with Gasteiger partial charge in [0.05, 0.1) is 20.4 Å². The number of nitrogens with one attached hydrogen (secondary N) is 2. The van der Waals surface area contributed by atoms with Crippen molar-refractivity contribution in [1.82, 2.24) is 5.43 Å². The number of hydrazone groups is 1. The van der Waals surface area contributed by atoms with E-state index < -0.39 is 0 Å². The molecule has 0 spiro atoms. The molecule has 23 heavy (non-hydrogen) atoms. The molecule has 0 saturated heterocycles. The van der Waals surface area contributed by atoms with E-state index in [2.05, 4.69) is 15.8 Å². The number of hydrogen-bond donors (Lipinski definition) is 3. The third-order valence-corrected chi connectivity index (χ3v) is 3.11. The van der Waals surface area contributed by atoms with Gasteiger partial charge in [-0.2, -0.15) is 5.10 Å². The number of ether oxygens (including phenoxy) is 2. The number of aromatic hydroxyl groups is 1. The van der Waals surface area contributed by atoms with Crippen LogP contribution >= 0.6 is 12.2 Å². The second-order valence-electron chi connectivity index (χ2n) is 4.49. The molecular weight excluding hydrogens is 314 g/mol. The Balaban J connectivity index is 1.93. The molecule has 0 amide bonds. The number of phenolic OH excluding ortho intramolecular Hbond substituents is 1. The van der Waals surface area contributed by atoms with Crippen LogP contribution in [-0.2, 0) is 0 Å². The molecular formula is C16H17N3O3S. The molecule has 0 bridgehead atoms. The summed E-state index contributed by atoms with van der Waals surface area (Å²) in [6.45, 7) is 0. The molecule has 120 valence electrons. The molecule has 0 aliphatic heterocycles. The van der Waals surface area contributed by atoms with Crippen molar-refractivity contribution in [3.8, 4) is 17.2 Å². The van der Waals surface area contributed by atoms with Crippen LogP contribution in [0.1, 0.15) is 5.56 Å². The van der Waals surface area contributed by atoms with Crippen molar-refractivity contribution in [1.29, 1.82) is 0 Å². The Morgan fingerprint density at radius 2 is 1.78 bits per heavy atom. The fourth-order valence-electron chi connectivity index (χ4n) is 1.80. The van der Waals surface area contributed by atoms with E-state index in [-0.39, 0.29) is 5.75 Å². The Labute approximate surface area is 139 Å².